The molecule has 6 heteroatoms. The molecule has 0 aromatic heterocycles. The molecule has 1 aromatic carbocycles. The van der Waals surface area contributed by atoms with Gasteiger partial charge in [0.25, 0.3) is 0 Å². The van der Waals surface area contributed by atoms with Gasteiger partial charge in [0, 0.05) is 25.2 Å². The van der Waals surface area contributed by atoms with Crippen LogP contribution in [0.1, 0.15) is 51.5 Å². The van der Waals surface area contributed by atoms with E-state index in [1.807, 2.05) is 24.0 Å². The van der Waals surface area contributed by atoms with Crippen LogP contribution in [0.2, 0.25) is 0 Å². The van der Waals surface area contributed by atoms with Gasteiger partial charge in [0.1, 0.15) is 0 Å². The zero-order chi connectivity index (χ0) is 18.9. The minimum atomic E-state index is -3.54. The van der Waals surface area contributed by atoms with Crippen molar-refractivity contribution in [3.05, 3.63) is 29.8 Å². The maximum absolute atomic E-state index is 13.1. The fourth-order valence-corrected chi connectivity index (χ4v) is 5.81. The van der Waals surface area contributed by atoms with Crippen LogP contribution in [-0.2, 0) is 14.8 Å². The first-order chi connectivity index (χ1) is 12.3. The second-order valence-corrected chi connectivity index (χ2v) is 9.83. The molecule has 2 fully saturated rings. The van der Waals surface area contributed by atoms with Crippen molar-refractivity contribution in [1.29, 1.82) is 0 Å². The lowest BCUT2D eigenvalue weighted by Crippen LogP contribution is -2.53. The van der Waals surface area contributed by atoms with Crippen LogP contribution in [0.4, 0.5) is 0 Å². The number of carbonyl (C=O) groups excluding carboxylic acids is 1. The van der Waals surface area contributed by atoms with Gasteiger partial charge in [-0.25, -0.2) is 8.42 Å². The van der Waals surface area contributed by atoms with E-state index >= 15 is 0 Å². The number of nitrogens with zero attached hydrogens (tertiary/aromatic N) is 2. The Balaban J connectivity index is 1.76. The molecule has 5 nitrogen and oxygen atoms in total. The van der Waals surface area contributed by atoms with Crippen LogP contribution in [0, 0.1) is 12.8 Å². The van der Waals surface area contributed by atoms with Gasteiger partial charge in [0.15, 0.2) is 0 Å². The first-order valence-electron chi connectivity index (χ1n) is 9.69. The number of sulfonamides is 1. The van der Waals surface area contributed by atoms with E-state index in [1.165, 1.54) is 4.31 Å². The molecule has 3 atom stereocenters. The van der Waals surface area contributed by atoms with Crippen molar-refractivity contribution < 1.29 is 13.2 Å². The molecule has 0 spiro atoms. The molecule has 1 amide bonds. The number of aryl methyl sites for hydroxylation is 1. The van der Waals surface area contributed by atoms with Crippen LogP contribution in [0.25, 0.3) is 0 Å². The second-order valence-electron chi connectivity index (χ2n) is 7.89. The van der Waals surface area contributed by atoms with Gasteiger partial charge in [0.2, 0.25) is 15.9 Å². The molecule has 2 aliphatic rings. The molecule has 3 rings (SSSR count). The number of rotatable bonds is 3. The highest BCUT2D eigenvalue weighted by Crippen LogP contribution is 2.29. The summed E-state index contributed by atoms with van der Waals surface area (Å²) in [6.07, 6.45) is 4.74. The summed E-state index contributed by atoms with van der Waals surface area (Å²) in [6.45, 7) is 6.94. The number of piperidine rings is 2. The summed E-state index contributed by atoms with van der Waals surface area (Å²) in [5.74, 6) is -0.0968. The third kappa shape index (κ3) is 3.81. The van der Waals surface area contributed by atoms with Gasteiger partial charge in [-0.05, 0) is 65.0 Å². The van der Waals surface area contributed by atoms with Gasteiger partial charge in [-0.15, -0.1) is 0 Å². The van der Waals surface area contributed by atoms with E-state index in [9.17, 15) is 13.2 Å². The lowest BCUT2D eigenvalue weighted by Gasteiger charge is -2.42. The third-order valence-electron chi connectivity index (χ3n) is 5.84. The Bertz CT molecular complexity index is 735. The Hall–Kier alpha value is -1.40. The van der Waals surface area contributed by atoms with Crippen LogP contribution in [-0.4, -0.2) is 48.7 Å². The Morgan fingerprint density at radius 3 is 2.23 bits per heavy atom. The second kappa shape index (κ2) is 7.69. The summed E-state index contributed by atoms with van der Waals surface area (Å²) in [7, 11) is -3.54. The summed E-state index contributed by atoms with van der Waals surface area (Å²) < 4.78 is 27.4. The highest BCUT2D eigenvalue weighted by atomic mass is 32.2. The quantitative estimate of drug-likeness (QED) is 0.812. The monoisotopic (exact) mass is 378 g/mol. The predicted octanol–water partition coefficient (Wildman–Crippen LogP) is 3.19. The van der Waals surface area contributed by atoms with Crippen LogP contribution >= 0.6 is 0 Å². The number of hydrogen-bond acceptors (Lipinski definition) is 3. The van der Waals surface area contributed by atoms with Crippen molar-refractivity contribution in [2.24, 2.45) is 5.92 Å². The van der Waals surface area contributed by atoms with Crippen molar-refractivity contribution in [1.82, 2.24) is 9.21 Å². The van der Waals surface area contributed by atoms with Crippen LogP contribution in [0.3, 0.4) is 0 Å². The van der Waals surface area contributed by atoms with Crippen molar-refractivity contribution in [2.45, 2.75) is 69.9 Å². The smallest absolute Gasteiger partial charge is 0.243 e. The Labute approximate surface area is 157 Å². The summed E-state index contributed by atoms with van der Waals surface area (Å²) in [5, 5.41) is 0. The molecule has 2 heterocycles. The van der Waals surface area contributed by atoms with Crippen molar-refractivity contribution in [2.75, 3.05) is 13.1 Å². The minimum absolute atomic E-state index is 0.133. The molecule has 144 valence electrons. The van der Waals surface area contributed by atoms with E-state index < -0.39 is 10.0 Å². The number of carbonyl (C=O) groups is 1. The number of amides is 1. The minimum Gasteiger partial charge on any atom is -0.337 e. The van der Waals surface area contributed by atoms with E-state index in [0.717, 1.165) is 37.7 Å². The number of benzene rings is 1. The van der Waals surface area contributed by atoms with Crippen molar-refractivity contribution in [3.63, 3.8) is 0 Å². The van der Waals surface area contributed by atoms with Gasteiger partial charge >= 0.3 is 0 Å². The number of likely N-dealkylation sites (tertiary alicyclic amines) is 1. The van der Waals surface area contributed by atoms with E-state index in [2.05, 4.69) is 13.8 Å². The average Bonchev–Trinajstić information content (AvgIpc) is 2.62. The molecular formula is C20H30N2O3S. The molecule has 0 bridgehead atoms. The molecule has 1 aromatic rings. The molecule has 2 aliphatic heterocycles. The first-order valence-corrected chi connectivity index (χ1v) is 11.1. The van der Waals surface area contributed by atoms with E-state index in [-0.39, 0.29) is 23.9 Å². The maximum Gasteiger partial charge on any atom is 0.243 e. The summed E-state index contributed by atoms with van der Waals surface area (Å²) >= 11 is 0. The van der Waals surface area contributed by atoms with Gasteiger partial charge in [-0.2, -0.15) is 4.31 Å². The average molecular weight is 379 g/mol. The Morgan fingerprint density at radius 2 is 1.62 bits per heavy atom. The molecule has 0 radical (unpaired) electrons. The highest BCUT2D eigenvalue weighted by Gasteiger charge is 2.38. The molecule has 0 N–H and O–H groups in total. The molecule has 0 aliphatic carbocycles. The van der Waals surface area contributed by atoms with Gasteiger partial charge in [-0.1, -0.05) is 17.7 Å². The van der Waals surface area contributed by atoms with E-state index in [0.29, 0.717) is 18.0 Å². The van der Waals surface area contributed by atoms with E-state index in [4.69, 9.17) is 0 Å². The maximum atomic E-state index is 13.1. The molecule has 0 unspecified atom stereocenters. The summed E-state index contributed by atoms with van der Waals surface area (Å²) in [5.41, 5.74) is 1.03. The Kier molecular flexibility index (Phi) is 5.72. The molecule has 0 saturated carbocycles. The topological polar surface area (TPSA) is 57.7 Å². The fourth-order valence-electron chi connectivity index (χ4n) is 4.29. The predicted molar refractivity (Wildman–Crippen MR) is 102 cm³/mol. The van der Waals surface area contributed by atoms with Crippen molar-refractivity contribution in [3.8, 4) is 0 Å². The van der Waals surface area contributed by atoms with Gasteiger partial charge in [0.05, 0.1) is 10.8 Å². The Morgan fingerprint density at radius 1 is 1.00 bits per heavy atom. The zero-order valence-electron chi connectivity index (χ0n) is 16.0. The lowest BCUT2D eigenvalue weighted by molar-refractivity contribution is -0.143. The van der Waals surface area contributed by atoms with Gasteiger partial charge < -0.3 is 4.90 Å². The van der Waals surface area contributed by atoms with E-state index in [1.54, 1.807) is 12.1 Å². The van der Waals surface area contributed by atoms with Crippen molar-refractivity contribution >= 4 is 15.9 Å². The normalized spacial score (nSPS) is 28.1. The number of hydrogen-bond donors (Lipinski definition) is 0. The standard InChI is InChI=1S/C20H30N2O3S/c1-15-9-11-19(12-10-15)26(24,25)21-13-5-8-18(14-21)20(23)22-16(2)6-4-7-17(22)3/h9-12,16-18H,4-8,13-14H2,1-3H3/t16-,17-,18+/m0/s1. The third-order valence-corrected chi connectivity index (χ3v) is 7.72. The fraction of sp³-hybridized carbons (Fsp3) is 0.650. The summed E-state index contributed by atoms with van der Waals surface area (Å²) in [4.78, 5) is 15.5. The largest absolute Gasteiger partial charge is 0.337 e. The SMILES string of the molecule is Cc1ccc(S(=O)(=O)N2CCC[C@@H](C(=O)N3[C@@H](C)CCC[C@@H]3C)C2)cc1. The molecule has 26 heavy (non-hydrogen) atoms. The lowest BCUT2D eigenvalue weighted by atomic mass is 9.92. The molecule has 2 saturated heterocycles. The molecular weight excluding hydrogens is 348 g/mol. The summed E-state index contributed by atoms with van der Waals surface area (Å²) in [6, 6.07) is 7.44. The van der Waals surface area contributed by atoms with Crippen LogP contribution < -0.4 is 0 Å². The zero-order valence-corrected chi connectivity index (χ0v) is 16.8. The first kappa shape index (κ1) is 19.4. The van der Waals surface area contributed by atoms with Gasteiger partial charge in [-0.3, -0.25) is 4.79 Å². The highest BCUT2D eigenvalue weighted by molar-refractivity contribution is 7.89. The van der Waals surface area contributed by atoms with Crippen LogP contribution in [0.15, 0.2) is 29.2 Å². The van der Waals surface area contributed by atoms with Crippen LogP contribution in [0.5, 0.6) is 0 Å².